The number of benzene rings is 1. The van der Waals surface area contributed by atoms with Gasteiger partial charge in [-0.25, -0.2) is 4.79 Å². The molecule has 0 saturated heterocycles. The molecule has 1 aromatic carbocycles. The average Bonchev–Trinajstić information content (AvgIpc) is 2.64. The molecule has 1 aromatic rings. The van der Waals surface area contributed by atoms with Gasteiger partial charge >= 0.3 is 6.09 Å². The van der Waals surface area contributed by atoms with Gasteiger partial charge in [0, 0.05) is 23.6 Å². The monoisotopic (exact) mass is 287 g/mol. The Kier molecular flexibility index (Phi) is 4.40. The first kappa shape index (κ1) is 15.6. The minimum atomic E-state index is -0.266. The van der Waals surface area contributed by atoms with E-state index in [1.807, 2.05) is 52.8 Å². The molecule has 1 atom stereocenters. The molecule has 0 bridgehead atoms. The van der Waals surface area contributed by atoms with E-state index in [9.17, 15) is 4.79 Å². The Hall–Kier alpha value is -1.77. The Morgan fingerprint density at radius 1 is 1.14 bits per heavy atom. The second-order valence-corrected chi connectivity index (χ2v) is 6.28. The highest BCUT2D eigenvalue weighted by Gasteiger charge is 2.30. The molecule has 0 radical (unpaired) electrons. The van der Waals surface area contributed by atoms with Crippen LogP contribution in [0.4, 0.5) is 4.79 Å². The molecule has 1 amide bonds. The van der Waals surface area contributed by atoms with E-state index in [0.717, 1.165) is 16.9 Å². The molecule has 0 aromatic heterocycles. The van der Waals surface area contributed by atoms with Crippen LogP contribution in [0.25, 0.3) is 5.76 Å². The predicted molar refractivity (Wildman–Crippen MR) is 86.0 cm³/mol. The van der Waals surface area contributed by atoms with Crippen LogP contribution in [0.1, 0.15) is 58.6 Å². The first-order valence-electron chi connectivity index (χ1n) is 7.64. The Balaban J connectivity index is 2.29. The van der Waals surface area contributed by atoms with Crippen molar-refractivity contribution in [3.8, 4) is 0 Å². The summed E-state index contributed by atoms with van der Waals surface area (Å²) in [4.78, 5) is 14.3. The minimum Gasteiger partial charge on any atom is -0.410 e. The lowest BCUT2D eigenvalue weighted by molar-refractivity contribution is 0.114. The summed E-state index contributed by atoms with van der Waals surface area (Å²) in [6.45, 7) is 12.2. The Morgan fingerprint density at radius 2 is 1.71 bits per heavy atom. The fourth-order valence-electron chi connectivity index (χ4n) is 3.02. The third-order valence-electron chi connectivity index (χ3n) is 4.19. The van der Waals surface area contributed by atoms with Crippen molar-refractivity contribution in [2.24, 2.45) is 0 Å². The van der Waals surface area contributed by atoms with Crippen molar-refractivity contribution in [3.05, 3.63) is 41.0 Å². The molecule has 0 aliphatic heterocycles. The molecule has 0 fully saturated rings. The molecule has 1 aliphatic rings. The van der Waals surface area contributed by atoms with E-state index in [-0.39, 0.29) is 18.2 Å². The van der Waals surface area contributed by atoms with Gasteiger partial charge in [0.2, 0.25) is 0 Å². The van der Waals surface area contributed by atoms with Gasteiger partial charge in [0.05, 0.1) is 0 Å². The molecule has 21 heavy (non-hydrogen) atoms. The van der Waals surface area contributed by atoms with E-state index in [4.69, 9.17) is 4.74 Å². The van der Waals surface area contributed by atoms with Crippen LogP contribution >= 0.6 is 0 Å². The number of amides is 1. The normalized spacial score (nSPS) is 17.4. The van der Waals surface area contributed by atoms with E-state index in [1.165, 1.54) is 5.56 Å². The van der Waals surface area contributed by atoms with Crippen LogP contribution in [0.15, 0.2) is 29.8 Å². The number of carbonyl (C=O) groups excluding carboxylic acids is 1. The number of ether oxygens (including phenoxy) is 1. The van der Waals surface area contributed by atoms with Crippen molar-refractivity contribution < 1.29 is 9.53 Å². The number of nitrogens with zero attached hydrogens (tertiary/aromatic N) is 1. The maximum Gasteiger partial charge on any atom is 0.415 e. The van der Waals surface area contributed by atoms with Crippen molar-refractivity contribution >= 4 is 11.9 Å². The van der Waals surface area contributed by atoms with Gasteiger partial charge in [0.15, 0.2) is 0 Å². The fourth-order valence-corrected chi connectivity index (χ4v) is 3.02. The van der Waals surface area contributed by atoms with Crippen molar-refractivity contribution in [2.45, 2.75) is 59.5 Å². The van der Waals surface area contributed by atoms with Crippen molar-refractivity contribution in [1.82, 2.24) is 4.90 Å². The van der Waals surface area contributed by atoms with Crippen molar-refractivity contribution in [2.75, 3.05) is 0 Å². The predicted octanol–water partition coefficient (Wildman–Crippen LogP) is 4.79. The second-order valence-electron chi connectivity index (χ2n) is 6.28. The summed E-state index contributed by atoms with van der Waals surface area (Å²) in [6, 6.07) is 8.38. The summed E-state index contributed by atoms with van der Waals surface area (Å²) in [5.74, 6) is 1.03. The molecule has 0 heterocycles. The number of carbonyl (C=O) groups is 1. The van der Waals surface area contributed by atoms with Crippen molar-refractivity contribution in [1.29, 1.82) is 0 Å². The van der Waals surface area contributed by atoms with E-state index in [0.29, 0.717) is 5.92 Å². The molecule has 3 heteroatoms. The van der Waals surface area contributed by atoms with Crippen LogP contribution in [0.2, 0.25) is 0 Å². The summed E-state index contributed by atoms with van der Waals surface area (Å²) in [7, 11) is 0. The first-order chi connectivity index (χ1) is 9.84. The number of hydrogen-bond acceptors (Lipinski definition) is 2. The van der Waals surface area contributed by atoms with Gasteiger partial charge in [-0.1, -0.05) is 31.2 Å². The van der Waals surface area contributed by atoms with E-state index < -0.39 is 0 Å². The topological polar surface area (TPSA) is 29.5 Å². The summed E-state index contributed by atoms with van der Waals surface area (Å²) < 4.78 is 5.77. The zero-order valence-electron chi connectivity index (χ0n) is 13.8. The Morgan fingerprint density at radius 3 is 2.29 bits per heavy atom. The number of fused-ring (bicyclic) bond motifs is 1. The zero-order chi connectivity index (χ0) is 15.7. The Labute approximate surface area is 127 Å². The molecule has 1 aliphatic carbocycles. The summed E-state index contributed by atoms with van der Waals surface area (Å²) in [5.41, 5.74) is 3.40. The summed E-state index contributed by atoms with van der Waals surface area (Å²) >= 11 is 0. The SMILES string of the molecule is CC1=C(OC(=O)N(C(C)C)C(C)C)c2ccccc2[C@H]1C. The van der Waals surface area contributed by atoms with Gasteiger partial charge in [-0.2, -0.15) is 0 Å². The zero-order valence-corrected chi connectivity index (χ0v) is 13.8. The largest absolute Gasteiger partial charge is 0.415 e. The van der Waals surface area contributed by atoms with Gasteiger partial charge in [0.1, 0.15) is 5.76 Å². The lowest BCUT2D eigenvalue weighted by Gasteiger charge is -2.30. The van der Waals surface area contributed by atoms with Crippen LogP contribution in [0.5, 0.6) is 0 Å². The molecule has 0 unspecified atom stereocenters. The lowest BCUT2D eigenvalue weighted by atomic mass is 9.99. The average molecular weight is 287 g/mol. The van der Waals surface area contributed by atoms with E-state index >= 15 is 0 Å². The van der Waals surface area contributed by atoms with Crippen LogP contribution in [-0.2, 0) is 4.74 Å². The molecule has 0 N–H and O–H groups in total. The fraction of sp³-hybridized carbons (Fsp3) is 0.500. The minimum absolute atomic E-state index is 0.118. The van der Waals surface area contributed by atoms with Gasteiger partial charge in [-0.3, -0.25) is 0 Å². The quantitative estimate of drug-likeness (QED) is 0.800. The van der Waals surface area contributed by atoms with Crippen LogP contribution in [0, 0.1) is 0 Å². The second kappa shape index (κ2) is 5.92. The molecule has 2 rings (SSSR count). The number of rotatable bonds is 3. The molecule has 114 valence electrons. The molecule has 0 saturated carbocycles. The number of allylic oxidation sites excluding steroid dienone is 1. The van der Waals surface area contributed by atoms with Gasteiger partial charge in [-0.15, -0.1) is 0 Å². The molecular weight excluding hydrogens is 262 g/mol. The summed E-state index contributed by atoms with van der Waals surface area (Å²) in [5, 5.41) is 0. The lowest BCUT2D eigenvalue weighted by Crippen LogP contribution is -2.42. The molecule has 3 nitrogen and oxygen atoms in total. The molecule has 0 spiro atoms. The number of hydrogen-bond donors (Lipinski definition) is 0. The third-order valence-corrected chi connectivity index (χ3v) is 4.19. The van der Waals surface area contributed by atoms with E-state index in [2.05, 4.69) is 13.0 Å². The highest BCUT2D eigenvalue weighted by molar-refractivity contribution is 5.82. The van der Waals surface area contributed by atoms with Gasteiger partial charge in [0.25, 0.3) is 0 Å². The first-order valence-corrected chi connectivity index (χ1v) is 7.64. The van der Waals surface area contributed by atoms with Crippen LogP contribution in [-0.4, -0.2) is 23.1 Å². The summed E-state index contributed by atoms with van der Waals surface area (Å²) in [6.07, 6.45) is -0.266. The third kappa shape index (κ3) is 2.82. The van der Waals surface area contributed by atoms with Gasteiger partial charge in [-0.05, 0) is 45.8 Å². The maximum atomic E-state index is 12.5. The highest BCUT2D eigenvalue weighted by Crippen LogP contribution is 2.42. The van der Waals surface area contributed by atoms with E-state index in [1.54, 1.807) is 4.90 Å². The maximum absolute atomic E-state index is 12.5. The highest BCUT2D eigenvalue weighted by atomic mass is 16.6. The van der Waals surface area contributed by atoms with Crippen LogP contribution < -0.4 is 0 Å². The standard InChI is InChI=1S/C18H25NO2/c1-11(2)19(12(3)4)18(20)21-17-14(6)13(5)15-9-7-8-10-16(15)17/h7-13H,1-6H3/t13-/m0/s1. The van der Waals surface area contributed by atoms with Crippen LogP contribution in [0.3, 0.4) is 0 Å². The Bertz CT molecular complexity index is 564. The molecular formula is C18H25NO2. The smallest absolute Gasteiger partial charge is 0.410 e. The van der Waals surface area contributed by atoms with Crippen molar-refractivity contribution in [3.63, 3.8) is 0 Å². The van der Waals surface area contributed by atoms with Gasteiger partial charge < -0.3 is 9.64 Å².